The summed E-state index contributed by atoms with van der Waals surface area (Å²) in [6.45, 7) is 0. The average molecular weight is 402 g/mol. The van der Waals surface area contributed by atoms with E-state index in [1.807, 2.05) is 49.7 Å². The molecule has 0 radical (unpaired) electrons. The Hall–Kier alpha value is -1.02. The number of guanidine groups is 1. The summed E-state index contributed by atoms with van der Waals surface area (Å²) in [5, 5.41) is 12.1. The first kappa shape index (κ1) is 19.3. The van der Waals surface area contributed by atoms with Crippen molar-refractivity contribution in [2.75, 3.05) is 28.6 Å². The number of anilines is 2. The summed E-state index contributed by atoms with van der Waals surface area (Å²) in [5.41, 5.74) is 1.54. The van der Waals surface area contributed by atoms with Crippen LogP contribution in [0.4, 0.5) is 15.3 Å². The Morgan fingerprint density at radius 1 is 1.25 bits per heavy atom. The van der Waals surface area contributed by atoms with Gasteiger partial charge in [-0.05, 0) is 42.7 Å². The lowest BCUT2D eigenvalue weighted by atomic mass is 10.3. The number of rotatable bonds is 6. The molecular formula is C16H17ClFN3S3. The van der Waals surface area contributed by atoms with Crippen molar-refractivity contribution in [3.63, 3.8) is 0 Å². The number of nitrogens with zero attached hydrogens (tertiary/aromatic N) is 1. The molecule has 0 saturated heterocycles. The van der Waals surface area contributed by atoms with Crippen molar-refractivity contribution in [1.29, 1.82) is 5.41 Å². The van der Waals surface area contributed by atoms with Crippen LogP contribution in [0.2, 0.25) is 5.02 Å². The Kier molecular flexibility index (Phi) is 7.61. The highest BCUT2D eigenvalue weighted by molar-refractivity contribution is 8.13. The normalized spacial score (nSPS) is 10.5. The van der Waals surface area contributed by atoms with E-state index in [9.17, 15) is 3.89 Å². The quantitative estimate of drug-likeness (QED) is 0.260. The van der Waals surface area contributed by atoms with E-state index in [0.29, 0.717) is 15.8 Å². The summed E-state index contributed by atoms with van der Waals surface area (Å²) in [4.78, 5) is 3.77. The molecule has 0 saturated carbocycles. The van der Waals surface area contributed by atoms with Crippen LogP contribution in [-0.2, 0) is 0 Å². The van der Waals surface area contributed by atoms with Crippen molar-refractivity contribution < 1.29 is 3.89 Å². The van der Waals surface area contributed by atoms with Crippen LogP contribution < -0.4 is 10.2 Å². The van der Waals surface area contributed by atoms with Gasteiger partial charge in [0.15, 0.2) is 5.96 Å². The van der Waals surface area contributed by atoms with Crippen molar-refractivity contribution in [2.45, 2.75) is 9.79 Å². The lowest BCUT2D eigenvalue weighted by molar-refractivity contribution is 0.943. The lowest BCUT2D eigenvalue weighted by Crippen LogP contribution is -2.32. The number of nitrogens with one attached hydrogen (secondary N) is 2. The molecule has 3 nitrogen and oxygen atoms in total. The van der Waals surface area contributed by atoms with Crippen LogP contribution in [0.5, 0.6) is 0 Å². The van der Waals surface area contributed by atoms with E-state index < -0.39 is 0 Å². The Labute approximate surface area is 159 Å². The minimum Gasteiger partial charge on any atom is -0.325 e. The van der Waals surface area contributed by atoms with Gasteiger partial charge in [0.1, 0.15) is 0 Å². The Morgan fingerprint density at radius 2 is 2.04 bits per heavy atom. The van der Waals surface area contributed by atoms with E-state index >= 15 is 0 Å². The topological polar surface area (TPSA) is 39.1 Å². The zero-order valence-corrected chi connectivity index (χ0v) is 16.4. The average Bonchev–Trinajstić information content (AvgIpc) is 2.61. The molecule has 8 heteroatoms. The van der Waals surface area contributed by atoms with Gasteiger partial charge in [0.2, 0.25) is 0 Å². The SMILES string of the molecule is CSc1cccc(N(C)C(=N)Nc2cc(SCSF)ccc2Cl)c1. The molecule has 24 heavy (non-hydrogen) atoms. The predicted molar refractivity (Wildman–Crippen MR) is 109 cm³/mol. The van der Waals surface area contributed by atoms with Gasteiger partial charge in [-0.15, -0.1) is 23.5 Å². The Morgan fingerprint density at radius 3 is 2.75 bits per heavy atom. The molecule has 0 aliphatic heterocycles. The van der Waals surface area contributed by atoms with Gasteiger partial charge in [0.05, 0.1) is 27.9 Å². The maximum absolute atomic E-state index is 12.2. The van der Waals surface area contributed by atoms with E-state index in [-0.39, 0.29) is 18.1 Å². The second kappa shape index (κ2) is 9.46. The number of hydrogen-bond donors (Lipinski definition) is 2. The first-order valence-corrected chi connectivity index (χ1v) is 10.4. The first-order chi connectivity index (χ1) is 11.5. The van der Waals surface area contributed by atoms with Gasteiger partial charge < -0.3 is 10.2 Å². The Balaban J connectivity index is 2.13. The number of hydrogen-bond acceptors (Lipinski definition) is 4. The van der Waals surface area contributed by atoms with Crippen molar-refractivity contribution >= 4 is 64.6 Å². The van der Waals surface area contributed by atoms with Crippen LogP contribution in [0.1, 0.15) is 0 Å². The zero-order valence-electron chi connectivity index (χ0n) is 13.2. The van der Waals surface area contributed by atoms with E-state index in [1.165, 1.54) is 11.8 Å². The fourth-order valence-corrected chi connectivity index (χ4v) is 3.65. The van der Waals surface area contributed by atoms with Crippen molar-refractivity contribution in [1.82, 2.24) is 0 Å². The number of halogens is 2. The highest BCUT2D eigenvalue weighted by Crippen LogP contribution is 2.30. The van der Waals surface area contributed by atoms with Gasteiger partial charge >= 0.3 is 0 Å². The van der Waals surface area contributed by atoms with E-state index in [0.717, 1.165) is 15.5 Å². The molecule has 0 bridgehead atoms. The minimum absolute atomic E-state index is 0.206. The van der Waals surface area contributed by atoms with Gasteiger partial charge in [-0.3, -0.25) is 5.41 Å². The van der Waals surface area contributed by atoms with E-state index in [4.69, 9.17) is 17.0 Å². The van der Waals surface area contributed by atoms with Gasteiger partial charge in [-0.1, -0.05) is 17.7 Å². The summed E-state index contributed by atoms with van der Waals surface area (Å²) in [6, 6.07) is 13.4. The van der Waals surface area contributed by atoms with Crippen molar-refractivity contribution in [3.05, 3.63) is 47.5 Å². The second-order valence-corrected chi connectivity index (χ2v) is 7.96. The van der Waals surface area contributed by atoms with E-state index in [2.05, 4.69) is 5.32 Å². The van der Waals surface area contributed by atoms with Gasteiger partial charge in [-0.25, -0.2) is 0 Å². The maximum Gasteiger partial charge on any atom is 0.199 e. The van der Waals surface area contributed by atoms with Crippen LogP contribution >= 0.6 is 47.3 Å². The summed E-state index contributed by atoms with van der Waals surface area (Å²) in [7, 11) is 1.82. The van der Waals surface area contributed by atoms with Crippen LogP contribution in [0, 0.1) is 5.41 Å². The highest BCUT2D eigenvalue weighted by Gasteiger charge is 2.11. The maximum atomic E-state index is 12.2. The van der Waals surface area contributed by atoms with Gasteiger partial charge in [0.25, 0.3) is 0 Å². The molecule has 2 aromatic rings. The summed E-state index contributed by atoms with van der Waals surface area (Å²) in [6.07, 6.45) is 2.02. The molecule has 2 rings (SSSR count). The number of thioether (sulfide) groups is 2. The van der Waals surface area contributed by atoms with Gasteiger partial charge in [-0.2, -0.15) is 3.89 Å². The molecule has 0 fully saturated rings. The molecule has 2 N–H and O–H groups in total. The van der Waals surface area contributed by atoms with E-state index in [1.54, 1.807) is 22.7 Å². The zero-order chi connectivity index (χ0) is 17.5. The van der Waals surface area contributed by atoms with Crippen LogP contribution in [0.25, 0.3) is 0 Å². The third-order valence-electron chi connectivity index (χ3n) is 3.24. The first-order valence-electron chi connectivity index (χ1n) is 6.94. The monoisotopic (exact) mass is 401 g/mol. The highest BCUT2D eigenvalue weighted by atomic mass is 35.5. The molecule has 0 amide bonds. The molecule has 0 spiro atoms. The fourth-order valence-electron chi connectivity index (χ4n) is 1.94. The fraction of sp³-hybridized carbons (Fsp3) is 0.188. The smallest absolute Gasteiger partial charge is 0.199 e. The summed E-state index contributed by atoms with van der Waals surface area (Å²) < 4.78 is 12.2. The van der Waals surface area contributed by atoms with Crippen LogP contribution in [0.15, 0.2) is 52.3 Å². The van der Waals surface area contributed by atoms with Crippen molar-refractivity contribution in [3.8, 4) is 0 Å². The predicted octanol–water partition coefficient (Wildman–Crippen LogP) is 6.21. The van der Waals surface area contributed by atoms with Crippen LogP contribution in [0.3, 0.4) is 0 Å². The largest absolute Gasteiger partial charge is 0.325 e. The summed E-state index contributed by atoms with van der Waals surface area (Å²) >= 11 is 9.52. The third kappa shape index (κ3) is 5.24. The molecule has 2 aromatic carbocycles. The third-order valence-corrected chi connectivity index (χ3v) is 5.71. The molecule has 0 aromatic heterocycles. The molecule has 128 valence electrons. The molecule has 0 heterocycles. The van der Waals surface area contributed by atoms with Gasteiger partial charge in [0, 0.05) is 22.5 Å². The van der Waals surface area contributed by atoms with Crippen LogP contribution in [-0.4, -0.2) is 24.3 Å². The van der Waals surface area contributed by atoms with Crippen molar-refractivity contribution in [2.24, 2.45) is 0 Å². The molecule has 0 unspecified atom stereocenters. The Bertz CT molecular complexity index is 715. The number of benzene rings is 2. The molecular weight excluding hydrogens is 385 g/mol. The molecule has 0 aliphatic carbocycles. The lowest BCUT2D eigenvalue weighted by Gasteiger charge is -2.22. The minimum atomic E-state index is 0.206. The standard InChI is InChI=1S/C16H17ClFN3S3/c1-21(11-4-3-5-12(8-11)22-2)16(19)20-15-9-13(23-10-24-18)6-7-14(15)17/h3-9H,10H2,1-2H3,(H2,19,20). The summed E-state index contributed by atoms with van der Waals surface area (Å²) in [5.74, 6) is 0.206. The second-order valence-electron chi connectivity index (χ2n) is 4.75. The molecule has 0 aliphatic rings. The molecule has 0 atom stereocenters.